The SMILES string of the molecule is C=C(CNCCC1(c2nn[nH]n2)c2ccc(C(=O)N3CCCC3)cc2CC[C@H]2C[C@@H](C(=O)N3CCCC3)CCC21)N1C(C#N)C[C@@H]2[C@H](C)[C@@H]21. The van der Waals surface area contributed by atoms with Gasteiger partial charge in [0.1, 0.15) is 6.04 Å². The van der Waals surface area contributed by atoms with E-state index < -0.39 is 5.41 Å². The average molecular weight is 666 g/mol. The van der Waals surface area contributed by atoms with Gasteiger partial charge >= 0.3 is 0 Å². The minimum atomic E-state index is -0.534. The van der Waals surface area contributed by atoms with Crippen LogP contribution < -0.4 is 5.32 Å². The summed E-state index contributed by atoms with van der Waals surface area (Å²) in [5, 5.41) is 29.8. The first kappa shape index (κ1) is 32.4. The molecule has 3 unspecified atom stereocenters. The van der Waals surface area contributed by atoms with E-state index in [0.29, 0.717) is 48.6 Å². The lowest BCUT2D eigenvalue weighted by molar-refractivity contribution is -0.136. The summed E-state index contributed by atoms with van der Waals surface area (Å²) < 4.78 is 0. The van der Waals surface area contributed by atoms with Gasteiger partial charge < -0.3 is 20.0 Å². The number of nitrogens with zero attached hydrogens (tertiary/aromatic N) is 7. The second kappa shape index (κ2) is 13.2. The third-order valence-corrected chi connectivity index (χ3v) is 13.3. The average Bonchev–Trinajstić information content (AvgIpc) is 3.84. The van der Waals surface area contributed by atoms with Gasteiger partial charge in [-0.05, 0) is 124 Å². The Kier molecular flexibility index (Phi) is 8.71. The second-order valence-electron chi connectivity index (χ2n) is 15.8. The third kappa shape index (κ3) is 5.64. The maximum atomic E-state index is 13.7. The third-order valence-electron chi connectivity index (χ3n) is 13.3. The fourth-order valence-corrected chi connectivity index (χ4v) is 10.8. The molecule has 3 aliphatic heterocycles. The van der Waals surface area contributed by atoms with Gasteiger partial charge in [0, 0.05) is 55.9 Å². The monoisotopic (exact) mass is 665 g/mol. The van der Waals surface area contributed by atoms with Crippen LogP contribution in [0.25, 0.3) is 0 Å². The number of benzene rings is 1. The quantitative estimate of drug-likeness (QED) is 0.384. The number of fused-ring (bicyclic) bond motifs is 3. The zero-order valence-corrected chi connectivity index (χ0v) is 28.9. The Morgan fingerprint density at radius 1 is 1.08 bits per heavy atom. The van der Waals surface area contributed by atoms with Crippen LogP contribution in [-0.4, -0.2) is 98.5 Å². The van der Waals surface area contributed by atoms with Gasteiger partial charge in [-0.3, -0.25) is 9.59 Å². The van der Waals surface area contributed by atoms with Crippen LogP contribution in [-0.2, 0) is 16.6 Å². The fraction of sp³-hybridized carbons (Fsp3) is 0.684. The minimum Gasteiger partial charge on any atom is -0.355 e. The second-order valence-corrected chi connectivity index (χ2v) is 15.8. The highest BCUT2D eigenvalue weighted by atomic mass is 16.2. The summed E-state index contributed by atoms with van der Waals surface area (Å²) in [7, 11) is 0. The molecule has 2 N–H and O–H groups in total. The lowest BCUT2D eigenvalue weighted by Crippen LogP contribution is -2.47. The van der Waals surface area contributed by atoms with Gasteiger partial charge in [-0.15, -0.1) is 10.2 Å². The number of hydrogen-bond donors (Lipinski definition) is 2. The molecule has 4 heterocycles. The first-order chi connectivity index (χ1) is 23.9. The first-order valence-electron chi connectivity index (χ1n) is 18.9. The Balaban J connectivity index is 1.09. The normalized spacial score (nSPS) is 33.4. The van der Waals surface area contributed by atoms with Gasteiger partial charge in [0.25, 0.3) is 5.91 Å². The molecule has 2 amide bonds. The zero-order valence-electron chi connectivity index (χ0n) is 28.9. The lowest BCUT2D eigenvalue weighted by atomic mass is 9.57. The Morgan fingerprint density at radius 3 is 2.59 bits per heavy atom. The van der Waals surface area contributed by atoms with E-state index in [1.165, 1.54) is 11.1 Å². The Bertz CT molecular complexity index is 1610. The van der Waals surface area contributed by atoms with Crippen molar-refractivity contribution in [3.8, 4) is 6.07 Å². The number of piperidine rings is 1. The summed E-state index contributed by atoms with van der Waals surface area (Å²) in [6, 6.07) is 9.22. The molecule has 2 saturated carbocycles. The maximum Gasteiger partial charge on any atom is 0.253 e. The lowest BCUT2D eigenvalue weighted by Gasteiger charge is -2.46. The molecule has 8 rings (SSSR count). The van der Waals surface area contributed by atoms with Crippen molar-refractivity contribution in [1.82, 2.24) is 40.6 Å². The number of aromatic nitrogens is 4. The zero-order chi connectivity index (χ0) is 33.7. The van der Waals surface area contributed by atoms with Crippen molar-refractivity contribution in [3.05, 3.63) is 53.0 Å². The largest absolute Gasteiger partial charge is 0.355 e. The van der Waals surface area contributed by atoms with Crippen LogP contribution in [0, 0.1) is 40.9 Å². The number of carbonyl (C=O) groups is 2. The molecule has 0 radical (unpaired) electrons. The standard InChI is InChI=1S/C38H51N9O2/c1-24(47-30(22-39)21-31-25(2)34(31)47)23-40-14-13-38(37-41-43-44-42-37)32-11-9-28(35(48)45-15-3-4-16-45)19-26(32)7-8-27-20-29(10-12-33(27)38)36(49)46-17-5-6-18-46/h9,11,19,25,27,29-31,33-34,40H,1,3-8,10,12-18,20-21,23H2,2H3,(H,41,42,43,44)/t25-,27-,29-,30?,31+,33?,34-,38?/m0/s1. The van der Waals surface area contributed by atoms with Crippen LogP contribution in [0.15, 0.2) is 30.5 Å². The molecule has 11 heteroatoms. The van der Waals surface area contributed by atoms with Crippen molar-refractivity contribution in [2.75, 3.05) is 39.3 Å². The fourth-order valence-electron chi connectivity index (χ4n) is 10.8. The van der Waals surface area contributed by atoms with Gasteiger partial charge in [0.15, 0.2) is 5.82 Å². The molecule has 49 heavy (non-hydrogen) atoms. The predicted octanol–water partition coefficient (Wildman–Crippen LogP) is 4.05. The topological polar surface area (TPSA) is 134 Å². The van der Waals surface area contributed by atoms with E-state index in [1.54, 1.807) is 0 Å². The van der Waals surface area contributed by atoms with E-state index in [2.05, 4.69) is 62.3 Å². The molecule has 3 saturated heterocycles. The highest BCUT2D eigenvalue weighted by Gasteiger charge is 2.59. The molecule has 260 valence electrons. The number of aromatic amines is 1. The Morgan fingerprint density at radius 2 is 1.86 bits per heavy atom. The molecule has 1 aromatic heterocycles. The molecule has 6 aliphatic rings. The molecule has 0 bridgehead atoms. The molecule has 2 aromatic rings. The van der Waals surface area contributed by atoms with Crippen molar-refractivity contribution < 1.29 is 9.59 Å². The van der Waals surface area contributed by atoms with E-state index in [-0.39, 0.29) is 23.8 Å². The minimum absolute atomic E-state index is 0.0551. The number of hydrogen-bond acceptors (Lipinski definition) is 8. The number of tetrazole rings is 1. The number of rotatable bonds is 9. The van der Waals surface area contributed by atoms with Crippen molar-refractivity contribution in [3.63, 3.8) is 0 Å². The highest BCUT2D eigenvalue weighted by Crippen LogP contribution is 2.55. The number of H-pyrrole nitrogens is 1. The molecule has 1 aromatic carbocycles. The summed E-state index contributed by atoms with van der Waals surface area (Å²) >= 11 is 0. The first-order valence-corrected chi connectivity index (χ1v) is 18.9. The Labute approximate surface area is 289 Å². The van der Waals surface area contributed by atoms with Crippen LogP contribution >= 0.6 is 0 Å². The molecular weight excluding hydrogens is 614 g/mol. The molecule has 11 nitrogen and oxygen atoms in total. The summed E-state index contributed by atoms with van der Waals surface area (Å²) in [6.07, 6.45) is 10.5. The number of nitriles is 1. The van der Waals surface area contributed by atoms with Crippen LogP contribution in [0.2, 0.25) is 0 Å². The van der Waals surface area contributed by atoms with Crippen molar-refractivity contribution in [2.45, 2.75) is 95.1 Å². The van der Waals surface area contributed by atoms with E-state index in [4.69, 9.17) is 5.10 Å². The van der Waals surface area contributed by atoms with Crippen molar-refractivity contribution in [2.24, 2.45) is 29.6 Å². The molecular formula is C38H51N9O2. The van der Waals surface area contributed by atoms with Crippen molar-refractivity contribution >= 4 is 11.8 Å². The predicted molar refractivity (Wildman–Crippen MR) is 184 cm³/mol. The number of carbonyl (C=O) groups excluding carboxylic acids is 2. The van der Waals surface area contributed by atoms with Gasteiger partial charge in [0.05, 0.1) is 11.5 Å². The summed E-state index contributed by atoms with van der Waals surface area (Å²) in [6.45, 7) is 11.5. The maximum absolute atomic E-state index is 13.7. The highest BCUT2D eigenvalue weighted by molar-refractivity contribution is 5.94. The van der Waals surface area contributed by atoms with E-state index in [0.717, 1.165) is 108 Å². The molecule has 0 spiro atoms. The smallest absolute Gasteiger partial charge is 0.253 e. The molecule has 5 fully saturated rings. The number of amides is 2. The summed E-state index contributed by atoms with van der Waals surface area (Å²) in [5.74, 6) is 2.99. The van der Waals surface area contributed by atoms with Gasteiger partial charge in [-0.25, -0.2) is 0 Å². The van der Waals surface area contributed by atoms with Gasteiger partial charge in [-0.1, -0.05) is 24.8 Å². The van der Waals surface area contributed by atoms with E-state index in [9.17, 15) is 14.9 Å². The number of nitrogens with one attached hydrogen (secondary N) is 2. The van der Waals surface area contributed by atoms with Crippen LogP contribution in [0.4, 0.5) is 0 Å². The summed E-state index contributed by atoms with van der Waals surface area (Å²) in [4.78, 5) is 33.6. The van der Waals surface area contributed by atoms with Gasteiger partial charge in [-0.2, -0.15) is 10.5 Å². The Hall–Kier alpha value is -3.78. The summed E-state index contributed by atoms with van der Waals surface area (Å²) in [5.41, 5.74) is 3.60. The number of aryl methyl sites for hydroxylation is 1. The van der Waals surface area contributed by atoms with Crippen LogP contribution in [0.5, 0.6) is 0 Å². The van der Waals surface area contributed by atoms with Crippen molar-refractivity contribution in [1.29, 1.82) is 5.26 Å². The van der Waals surface area contributed by atoms with E-state index >= 15 is 0 Å². The number of likely N-dealkylation sites (tertiary alicyclic amines) is 3. The van der Waals surface area contributed by atoms with Crippen LogP contribution in [0.1, 0.15) is 98.4 Å². The van der Waals surface area contributed by atoms with Crippen LogP contribution in [0.3, 0.4) is 0 Å². The van der Waals surface area contributed by atoms with E-state index in [1.807, 2.05) is 11.0 Å². The van der Waals surface area contributed by atoms with Gasteiger partial charge in [0.2, 0.25) is 5.91 Å². The molecule has 3 aliphatic carbocycles. The molecule has 8 atom stereocenters.